The Morgan fingerprint density at radius 1 is 1.50 bits per heavy atom. The van der Waals surface area contributed by atoms with Crippen molar-refractivity contribution in [2.24, 2.45) is 10.9 Å². The molecular weight excluding hydrogens is 294 g/mol. The summed E-state index contributed by atoms with van der Waals surface area (Å²) in [5.74, 6) is 1.67. The van der Waals surface area contributed by atoms with E-state index in [1.165, 1.54) is 6.42 Å². The highest BCUT2D eigenvalue weighted by atomic mass is 32.2. The number of aromatic nitrogens is 2. The van der Waals surface area contributed by atoms with Crippen LogP contribution in [0.1, 0.15) is 33.2 Å². The fourth-order valence-electron chi connectivity index (χ4n) is 2.79. The van der Waals surface area contributed by atoms with Gasteiger partial charge in [0.25, 0.3) is 0 Å². The molecular formula is C16H29N5S. The Balaban J connectivity index is 2.01. The monoisotopic (exact) mass is 323 g/mol. The number of hydrogen-bond acceptors (Lipinski definition) is 3. The van der Waals surface area contributed by atoms with E-state index in [2.05, 4.69) is 58.0 Å². The number of imidazole rings is 1. The van der Waals surface area contributed by atoms with Gasteiger partial charge in [0.1, 0.15) is 0 Å². The Hall–Kier alpha value is -1.17. The zero-order valence-corrected chi connectivity index (χ0v) is 15.2. The molecule has 1 N–H and O–H groups in total. The summed E-state index contributed by atoms with van der Waals surface area (Å²) in [5, 5.41) is 3.54. The zero-order chi connectivity index (χ0) is 16.2. The first-order chi connectivity index (χ1) is 10.5. The van der Waals surface area contributed by atoms with Crippen molar-refractivity contribution in [2.75, 3.05) is 32.9 Å². The summed E-state index contributed by atoms with van der Waals surface area (Å²) in [5.41, 5.74) is 0. The molecule has 2 heterocycles. The lowest BCUT2D eigenvalue weighted by molar-refractivity contribution is 0.189. The SMILES string of the molecule is CN=C(NCC(C)(C)SC)N1CCC(C)C(n2ccnc2)C1. The van der Waals surface area contributed by atoms with Crippen LogP contribution < -0.4 is 5.32 Å². The van der Waals surface area contributed by atoms with Crippen LogP contribution in [0.5, 0.6) is 0 Å². The maximum atomic E-state index is 4.49. The number of likely N-dealkylation sites (tertiary alicyclic amines) is 1. The van der Waals surface area contributed by atoms with Crippen molar-refractivity contribution in [3.05, 3.63) is 18.7 Å². The molecule has 22 heavy (non-hydrogen) atoms. The molecule has 1 aliphatic rings. The maximum absolute atomic E-state index is 4.49. The number of hydrogen-bond donors (Lipinski definition) is 1. The molecule has 0 radical (unpaired) electrons. The topological polar surface area (TPSA) is 45.5 Å². The molecule has 2 rings (SSSR count). The van der Waals surface area contributed by atoms with Crippen LogP contribution in [0.15, 0.2) is 23.7 Å². The summed E-state index contributed by atoms with van der Waals surface area (Å²) < 4.78 is 2.44. The molecule has 5 nitrogen and oxygen atoms in total. The highest BCUT2D eigenvalue weighted by Gasteiger charge is 2.29. The van der Waals surface area contributed by atoms with Gasteiger partial charge in [-0.15, -0.1) is 0 Å². The van der Waals surface area contributed by atoms with Gasteiger partial charge >= 0.3 is 0 Å². The van der Waals surface area contributed by atoms with Crippen molar-refractivity contribution < 1.29 is 0 Å². The molecule has 1 aromatic heterocycles. The average molecular weight is 324 g/mol. The third kappa shape index (κ3) is 4.18. The van der Waals surface area contributed by atoms with Gasteiger partial charge in [-0.25, -0.2) is 4.98 Å². The molecule has 0 aliphatic carbocycles. The van der Waals surface area contributed by atoms with Crippen molar-refractivity contribution in [2.45, 2.75) is 38.0 Å². The summed E-state index contributed by atoms with van der Waals surface area (Å²) in [6, 6.07) is 0.461. The molecule has 1 saturated heterocycles. The molecule has 0 aromatic carbocycles. The number of guanidine groups is 1. The summed E-state index contributed by atoms with van der Waals surface area (Å²) in [7, 11) is 1.87. The predicted octanol–water partition coefficient (Wildman–Crippen LogP) is 2.48. The quantitative estimate of drug-likeness (QED) is 0.683. The van der Waals surface area contributed by atoms with E-state index in [1.807, 2.05) is 31.3 Å². The van der Waals surface area contributed by atoms with Crippen LogP contribution in [-0.4, -0.2) is 58.1 Å². The number of nitrogens with zero attached hydrogens (tertiary/aromatic N) is 4. The van der Waals surface area contributed by atoms with E-state index in [0.717, 1.165) is 25.6 Å². The van der Waals surface area contributed by atoms with E-state index in [4.69, 9.17) is 0 Å². The fraction of sp³-hybridized carbons (Fsp3) is 0.750. The molecule has 1 aliphatic heterocycles. The van der Waals surface area contributed by atoms with Gasteiger partial charge < -0.3 is 14.8 Å². The minimum absolute atomic E-state index is 0.211. The van der Waals surface area contributed by atoms with Gasteiger partial charge in [-0.2, -0.15) is 11.8 Å². The second kappa shape index (κ2) is 7.40. The normalized spacial score (nSPS) is 23.7. The van der Waals surface area contributed by atoms with Gasteiger partial charge in [-0.3, -0.25) is 4.99 Å². The van der Waals surface area contributed by atoms with E-state index in [-0.39, 0.29) is 4.75 Å². The largest absolute Gasteiger partial charge is 0.355 e. The third-order valence-electron chi connectivity index (χ3n) is 4.56. The van der Waals surface area contributed by atoms with Crippen LogP contribution in [0, 0.1) is 5.92 Å². The van der Waals surface area contributed by atoms with Gasteiger partial charge in [-0.05, 0) is 32.4 Å². The Morgan fingerprint density at radius 3 is 2.86 bits per heavy atom. The van der Waals surface area contributed by atoms with Crippen LogP contribution in [-0.2, 0) is 0 Å². The van der Waals surface area contributed by atoms with E-state index >= 15 is 0 Å². The van der Waals surface area contributed by atoms with Crippen LogP contribution in [0.3, 0.4) is 0 Å². The molecule has 0 amide bonds. The molecule has 2 unspecified atom stereocenters. The van der Waals surface area contributed by atoms with E-state index < -0.39 is 0 Å². The lowest BCUT2D eigenvalue weighted by atomic mass is 9.93. The van der Waals surface area contributed by atoms with Crippen LogP contribution in [0.4, 0.5) is 0 Å². The van der Waals surface area contributed by atoms with Gasteiger partial charge in [0.15, 0.2) is 5.96 Å². The second-order valence-electron chi connectivity index (χ2n) is 6.65. The van der Waals surface area contributed by atoms with Gasteiger partial charge in [0.05, 0.1) is 12.4 Å². The summed E-state index contributed by atoms with van der Waals surface area (Å²) in [4.78, 5) is 11.1. The summed E-state index contributed by atoms with van der Waals surface area (Å²) in [6.07, 6.45) is 9.19. The number of piperidine rings is 1. The Bertz CT molecular complexity index is 483. The molecule has 0 saturated carbocycles. The number of thioether (sulfide) groups is 1. The summed E-state index contributed by atoms with van der Waals surface area (Å²) >= 11 is 1.88. The highest BCUT2D eigenvalue weighted by molar-refractivity contribution is 7.99. The molecule has 0 spiro atoms. The summed E-state index contributed by atoms with van der Waals surface area (Å²) in [6.45, 7) is 9.80. The maximum Gasteiger partial charge on any atom is 0.193 e. The van der Waals surface area contributed by atoms with E-state index in [0.29, 0.717) is 12.0 Å². The Labute approximate surface area is 138 Å². The third-order valence-corrected chi connectivity index (χ3v) is 5.81. The predicted molar refractivity (Wildman–Crippen MR) is 95.6 cm³/mol. The number of nitrogens with one attached hydrogen (secondary N) is 1. The van der Waals surface area contributed by atoms with Crippen molar-refractivity contribution in [3.8, 4) is 0 Å². The molecule has 2 atom stereocenters. The Morgan fingerprint density at radius 2 is 2.27 bits per heavy atom. The molecule has 124 valence electrons. The molecule has 6 heteroatoms. The van der Waals surface area contributed by atoms with Crippen molar-refractivity contribution in [3.63, 3.8) is 0 Å². The first-order valence-electron chi connectivity index (χ1n) is 7.95. The van der Waals surface area contributed by atoms with Crippen molar-refractivity contribution >= 4 is 17.7 Å². The minimum Gasteiger partial charge on any atom is -0.355 e. The lowest BCUT2D eigenvalue weighted by Gasteiger charge is -2.39. The van der Waals surface area contributed by atoms with E-state index in [9.17, 15) is 0 Å². The smallest absolute Gasteiger partial charge is 0.193 e. The second-order valence-corrected chi connectivity index (χ2v) is 8.17. The van der Waals surface area contributed by atoms with Gasteiger partial charge in [-0.1, -0.05) is 6.92 Å². The lowest BCUT2D eigenvalue weighted by Crippen LogP contribution is -2.51. The first kappa shape index (κ1) is 17.2. The first-order valence-corrected chi connectivity index (χ1v) is 9.17. The Kier molecular flexibility index (Phi) is 5.78. The molecule has 1 aromatic rings. The van der Waals surface area contributed by atoms with Crippen LogP contribution in [0.2, 0.25) is 0 Å². The average Bonchev–Trinajstić information content (AvgIpc) is 3.03. The standard InChI is InChI=1S/C16H29N5S/c1-13-6-8-20(10-14(13)21-9-7-18-12-21)15(17-4)19-11-16(2,3)22-5/h7,9,12-14H,6,8,10-11H2,1-5H3,(H,17,19). The van der Waals surface area contributed by atoms with Crippen LogP contribution >= 0.6 is 11.8 Å². The molecule has 0 bridgehead atoms. The van der Waals surface area contributed by atoms with Crippen LogP contribution in [0.25, 0.3) is 0 Å². The fourth-order valence-corrected chi connectivity index (χ4v) is 3.01. The minimum atomic E-state index is 0.211. The highest BCUT2D eigenvalue weighted by Crippen LogP contribution is 2.27. The number of rotatable bonds is 4. The van der Waals surface area contributed by atoms with Gasteiger partial charge in [0.2, 0.25) is 0 Å². The number of aliphatic imine (C=N–C) groups is 1. The van der Waals surface area contributed by atoms with Crippen molar-refractivity contribution in [1.29, 1.82) is 0 Å². The van der Waals surface area contributed by atoms with Crippen molar-refractivity contribution in [1.82, 2.24) is 19.8 Å². The molecule has 1 fully saturated rings. The van der Waals surface area contributed by atoms with E-state index in [1.54, 1.807) is 0 Å². The zero-order valence-electron chi connectivity index (χ0n) is 14.4. The van der Waals surface area contributed by atoms with Gasteiger partial charge in [0, 0.05) is 43.8 Å².